The van der Waals surface area contributed by atoms with E-state index in [9.17, 15) is 13.9 Å². The Morgan fingerprint density at radius 2 is 2.00 bits per heavy atom. The second-order valence-electron chi connectivity index (χ2n) is 9.33. The van der Waals surface area contributed by atoms with Crippen LogP contribution in [0.1, 0.15) is 12.8 Å². The zero-order valence-corrected chi connectivity index (χ0v) is 17.2. The Bertz CT molecular complexity index is 1020. The number of hydrogen-bond donors (Lipinski definition) is 3. The molecule has 1 saturated carbocycles. The van der Waals surface area contributed by atoms with Crippen LogP contribution < -0.4 is 15.5 Å². The van der Waals surface area contributed by atoms with Crippen LogP contribution in [0.4, 0.5) is 20.3 Å². The minimum absolute atomic E-state index is 0.0125. The van der Waals surface area contributed by atoms with Gasteiger partial charge in [-0.2, -0.15) is 0 Å². The first-order valence-electron chi connectivity index (χ1n) is 11.1. The first kappa shape index (κ1) is 19.2. The van der Waals surface area contributed by atoms with Gasteiger partial charge in [-0.3, -0.25) is 4.90 Å². The van der Waals surface area contributed by atoms with E-state index in [-0.39, 0.29) is 11.3 Å². The summed E-state index contributed by atoms with van der Waals surface area (Å²) in [6.45, 7) is 5.95. The molecule has 4 atom stereocenters. The Kier molecular flexibility index (Phi) is 4.50. The number of nitrogens with one attached hydrogen (secondary N) is 2. The lowest BCUT2D eigenvalue weighted by Gasteiger charge is -2.46. The molecule has 31 heavy (non-hydrogen) atoms. The smallest absolute Gasteiger partial charge is 0.172 e. The minimum atomic E-state index is -1.00. The fourth-order valence-corrected chi connectivity index (χ4v) is 5.91. The van der Waals surface area contributed by atoms with E-state index in [2.05, 4.69) is 30.6 Å². The van der Waals surface area contributed by atoms with E-state index >= 15 is 0 Å². The van der Waals surface area contributed by atoms with E-state index in [1.165, 1.54) is 19.4 Å². The first-order chi connectivity index (χ1) is 15.0. The Morgan fingerprint density at radius 1 is 1.10 bits per heavy atom. The highest BCUT2D eigenvalue weighted by atomic mass is 19.1. The number of fused-ring (bicyclic) bond motifs is 5. The summed E-state index contributed by atoms with van der Waals surface area (Å²) >= 11 is 0. The lowest BCUT2D eigenvalue weighted by molar-refractivity contribution is 0.168. The monoisotopic (exact) mass is 428 g/mol. The Balaban J connectivity index is 1.22. The molecule has 0 amide bonds. The highest BCUT2D eigenvalue weighted by Gasteiger charge is 2.41. The number of aromatic hydroxyl groups is 1. The third-order valence-electron chi connectivity index (χ3n) is 7.46. The Hall–Kier alpha value is -2.52. The highest BCUT2D eigenvalue weighted by molar-refractivity contribution is 5.76. The number of phenols is 1. The van der Waals surface area contributed by atoms with Crippen LogP contribution in [0, 0.1) is 23.5 Å². The minimum Gasteiger partial charge on any atom is -0.504 e. The normalized spacial score (nSPS) is 29.5. The van der Waals surface area contributed by atoms with Gasteiger partial charge in [-0.1, -0.05) is 0 Å². The van der Waals surface area contributed by atoms with Crippen molar-refractivity contribution in [2.75, 3.05) is 49.5 Å². The van der Waals surface area contributed by atoms with Gasteiger partial charge in [-0.25, -0.2) is 8.78 Å². The van der Waals surface area contributed by atoms with Crippen molar-refractivity contribution < 1.29 is 13.9 Å². The lowest BCUT2D eigenvalue weighted by Crippen LogP contribution is -2.58. The van der Waals surface area contributed by atoms with E-state index in [0.717, 1.165) is 62.4 Å². The Labute approximate surface area is 179 Å². The number of piperidine rings is 1. The van der Waals surface area contributed by atoms with Crippen molar-refractivity contribution in [1.29, 1.82) is 0 Å². The largest absolute Gasteiger partial charge is 0.504 e. The summed E-state index contributed by atoms with van der Waals surface area (Å²) < 4.78 is 27.6. The highest BCUT2D eigenvalue weighted by Crippen LogP contribution is 2.39. The van der Waals surface area contributed by atoms with Crippen molar-refractivity contribution in [3.05, 3.63) is 29.8 Å². The van der Waals surface area contributed by atoms with Crippen LogP contribution >= 0.6 is 0 Å². The predicted molar refractivity (Wildman–Crippen MR) is 113 cm³/mol. The number of piperazine rings is 1. The summed E-state index contributed by atoms with van der Waals surface area (Å²) in [7, 11) is 0. The topological polar surface area (TPSA) is 76.5 Å². The first-order valence-corrected chi connectivity index (χ1v) is 11.1. The van der Waals surface area contributed by atoms with E-state index in [0.29, 0.717) is 17.9 Å². The van der Waals surface area contributed by atoms with Gasteiger partial charge in [-0.15, -0.1) is 10.2 Å². The number of hydrogen-bond acceptors (Lipinski definition) is 7. The molecule has 3 fully saturated rings. The van der Waals surface area contributed by atoms with Gasteiger partial charge in [0.2, 0.25) is 0 Å². The van der Waals surface area contributed by atoms with E-state index in [1.54, 1.807) is 6.07 Å². The quantitative estimate of drug-likeness (QED) is 0.691. The van der Waals surface area contributed by atoms with Gasteiger partial charge in [0, 0.05) is 50.4 Å². The molecule has 164 valence electrons. The molecule has 3 aliphatic heterocycles. The fraction of sp³-hybridized carbons (Fsp3) is 0.545. The number of anilines is 2. The van der Waals surface area contributed by atoms with Crippen molar-refractivity contribution in [3.63, 3.8) is 0 Å². The molecule has 0 spiro atoms. The molecule has 4 heterocycles. The number of nitrogens with zero attached hydrogens (tertiary/aromatic N) is 4. The molecule has 1 aromatic heterocycles. The van der Waals surface area contributed by atoms with Gasteiger partial charge < -0.3 is 20.6 Å². The average Bonchev–Trinajstić information content (AvgIpc) is 3.39. The summed E-state index contributed by atoms with van der Waals surface area (Å²) in [5.41, 5.74) is 1.14. The molecule has 4 aliphatic rings. The zero-order valence-electron chi connectivity index (χ0n) is 17.2. The molecule has 0 radical (unpaired) electrons. The van der Waals surface area contributed by atoms with Gasteiger partial charge in [0.1, 0.15) is 5.82 Å². The molecule has 1 aliphatic carbocycles. The van der Waals surface area contributed by atoms with Crippen molar-refractivity contribution in [2.24, 2.45) is 11.8 Å². The van der Waals surface area contributed by atoms with Crippen LogP contribution in [-0.2, 0) is 0 Å². The second-order valence-corrected chi connectivity index (χ2v) is 9.33. The maximum atomic E-state index is 13.8. The van der Waals surface area contributed by atoms with Gasteiger partial charge in [0.05, 0.1) is 17.4 Å². The van der Waals surface area contributed by atoms with Crippen LogP contribution in [0.5, 0.6) is 5.75 Å². The summed E-state index contributed by atoms with van der Waals surface area (Å²) in [6, 6.07) is 4.54. The molecule has 7 nitrogen and oxygen atoms in total. The third kappa shape index (κ3) is 3.30. The number of benzene rings is 1. The number of rotatable bonds is 3. The van der Waals surface area contributed by atoms with Crippen molar-refractivity contribution >= 4 is 11.5 Å². The van der Waals surface area contributed by atoms with Crippen LogP contribution in [-0.4, -0.2) is 71.6 Å². The summed E-state index contributed by atoms with van der Waals surface area (Å²) in [5.74, 6) is -0.0827. The molecule has 2 aromatic rings. The number of phenolic OH excluding ortho intramolecular Hbond substituents is 1. The molecule has 6 rings (SSSR count). The van der Waals surface area contributed by atoms with Crippen molar-refractivity contribution in [3.8, 4) is 17.0 Å². The van der Waals surface area contributed by atoms with E-state index < -0.39 is 17.4 Å². The van der Waals surface area contributed by atoms with Crippen molar-refractivity contribution in [2.45, 2.75) is 24.9 Å². The molecule has 1 aromatic carbocycles. The standard InChI is InChI=1S/C22H26F2N6O/c23-14-5-17(21(31)18(24)6-14)19-7-20-22(28-27-19)26-9-16-11-29(1-2-30(16)20)10-13-4-15-3-12(13)8-25-15/h5-7,12-13,15-16,25,31H,1-4,8-11H2,(H,26,28)/t12-,13-,15?,16+/m1/s1. The van der Waals surface area contributed by atoms with Gasteiger partial charge >= 0.3 is 0 Å². The molecule has 2 bridgehead atoms. The molecule has 1 unspecified atom stereocenters. The van der Waals surface area contributed by atoms with Crippen LogP contribution in [0.25, 0.3) is 11.3 Å². The fourth-order valence-electron chi connectivity index (χ4n) is 5.91. The summed E-state index contributed by atoms with van der Waals surface area (Å²) in [6.07, 6.45) is 2.63. The van der Waals surface area contributed by atoms with Gasteiger partial charge in [0.15, 0.2) is 17.4 Å². The van der Waals surface area contributed by atoms with Gasteiger partial charge in [0.25, 0.3) is 0 Å². The zero-order chi connectivity index (χ0) is 21.1. The third-order valence-corrected chi connectivity index (χ3v) is 7.46. The molecule has 3 N–H and O–H groups in total. The molecule has 9 heteroatoms. The van der Waals surface area contributed by atoms with Crippen molar-refractivity contribution in [1.82, 2.24) is 20.4 Å². The maximum absolute atomic E-state index is 13.8. The maximum Gasteiger partial charge on any atom is 0.172 e. The lowest BCUT2D eigenvalue weighted by atomic mass is 9.94. The van der Waals surface area contributed by atoms with Crippen LogP contribution in [0.15, 0.2) is 18.2 Å². The predicted octanol–water partition coefficient (Wildman–Crippen LogP) is 2.04. The average molecular weight is 428 g/mol. The van der Waals surface area contributed by atoms with Crippen LogP contribution in [0.3, 0.4) is 0 Å². The summed E-state index contributed by atoms with van der Waals surface area (Å²) in [4.78, 5) is 4.90. The number of halogens is 2. The summed E-state index contributed by atoms with van der Waals surface area (Å²) in [5, 5.41) is 25.4. The van der Waals surface area contributed by atoms with Gasteiger partial charge in [-0.05, 0) is 43.4 Å². The van der Waals surface area contributed by atoms with E-state index in [4.69, 9.17) is 0 Å². The molecular formula is C22H26F2N6O. The Morgan fingerprint density at radius 3 is 2.81 bits per heavy atom. The molecule has 2 saturated heterocycles. The van der Waals surface area contributed by atoms with E-state index in [1.807, 2.05) is 0 Å². The van der Waals surface area contributed by atoms with Crippen LogP contribution in [0.2, 0.25) is 0 Å². The second kappa shape index (κ2) is 7.27. The number of aromatic nitrogens is 2. The SMILES string of the molecule is Oc1c(F)cc(F)cc1-c1cc2c(nn1)NC[C@H]1CN(C[C@H]3CC4C[C@@H]3CN4)CCN21. The molecular weight excluding hydrogens is 402 g/mol.